The standard InChI is InChI=1S/C20H25ClN4O/c1-2-25-17-8-4-3-6-14(17)10-18(25)15-7-5-9-24(13-15)20(26)16(12-22)11-19(21)23/h3-4,6,8,10-12,15H,2,5,7,9,13,22-23H2,1H3/b16-12+,19-11-. The quantitative estimate of drug-likeness (QED) is 0.491. The molecule has 1 aromatic heterocycles. The molecule has 1 aliphatic heterocycles. The highest BCUT2D eigenvalue weighted by Gasteiger charge is 2.28. The zero-order valence-corrected chi connectivity index (χ0v) is 15.7. The fourth-order valence-corrected chi connectivity index (χ4v) is 3.96. The minimum Gasteiger partial charge on any atom is -0.404 e. The van der Waals surface area contributed by atoms with E-state index in [2.05, 4.69) is 41.8 Å². The molecule has 0 bridgehead atoms. The fourth-order valence-electron chi connectivity index (χ4n) is 3.84. The van der Waals surface area contributed by atoms with Gasteiger partial charge in [-0.15, -0.1) is 0 Å². The Balaban J connectivity index is 1.87. The molecule has 0 aliphatic carbocycles. The second-order valence-electron chi connectivity index (χ2n) is 6.61. The van der Waals surface area contributed by atoms with E-state index in [1.807, 2.05) is 4.90 Å². The molecule has 1 saturated heterocycles. The van der Waals surface area contributed by atoms with Crippen LogP contribution in [0.1, 0.15) is 31.4 Å². The first kappa shape index (κ1) is 18.4. The Morgan fingerprint density at radius 2 is 2.15 bits per heavy atom. The van der Waals surface area contributed by atoms with Crippen LogP contribution in [0.15, 0.2) is 53.3 Å². The molecule has 138 valence electrons. The normalized spacial score (nSPS) is 19.2. The summed E-state index contributed by atoms with van der Waals surface area (Å²) in [5, 5.41) is 1.29. The van der Waals surface area contributed by atoms with Gasteiger partial charge in [-0.1, -0.05) is 29.8 Å². The van der Waals surface area contributed by atoms with E-state index < -0.39 is 0 Å². The second kappa shape index (κ2) is 7.87. The highest BCUT2D eigenvalue weighted by molar-refractivity contribution is 6.29. The Kier molecular flexibility index (Phi) is 5.57. The van der Waals surface area contributed by atoms with Crippen LogP contribution in [0.25, 0.3) is 10.9 Å². The van der Waals surface area contributed by atoms with Gasteiger partial charge in [-0.2, -0.15) is 0 Å². The van der Waals surface area contributed by atoms with Crippen molar-refractivity contribution in [3.05, 3.63) is 59.0 Å². The molecule has 0 radical (unpaired) electrons. The monoisotopic (exact) mass is 372 g/mol. The zero-order chi connectivity index (χ0) is 18.7. The molecule has 1 unspecified atom stereocenters. The first-order valence-electron chi connectivity index (χ1n) is 8.97. The first-order chi connectivity index (χ1) is 12.5. The topological polar surface area (TPSA) is 77.3 Å². The number of hydrogen-bond donors (Lipinski definition) is 2. The van der Waals surface area contributed by atoms with Gasteiger partial charge in [0.25, 0.3) is 5.91 Å². The van der Waals surface area contributed by atoms with Gasteiger partial charge in [0, 0.05) is 43.0 Å². The summed E-state index contributed by atoms with van der Waals surface area (Å²) < 4.78 is 2.35. The lowest BCUT2D eigenvalue weighted by Crippen LogP contribution is -2.40. The lowest BCUT2D eigenvalue weighted by Gasteiger charge is -2.33. The predicted octanol–water partition coefficient (Wildman–Crippen LogP) is 3.25. The zero-order valence-electron chi connectivity index (χ0n) is 15.0. The van der Waals surface area contributed by atoms with E-state index in [0.717, 1.165) is 25.9 Å². The lowest BCUT2D eigenvalue weighted by atomic mass is 9.94. The Bertz CT molecular complexity index is 864. The predicted molar refractivity (Wildman–Crippen MR) is 107 cm³/mol. The smallest absolute Gasteiger partial charge is 0.255 e. The number of hydrogen-bond acceptors (Lipinski definition) is 3. The number of piperidine rings is 1. The summed E-state index contributed by atoms with van der Waals surface area (Å²) in [7, 11) is 0. The number of rotatable bonds is 4. The van der Waals surface area contributed by atoms with Crippen LogP contribution in [0.2, 0.25) is 0 Å². The average molecular weight is 373 g/mol. The van der Waals surface area contributed by atoms with E-state index in [9.17, 15) is 4.79 Å². The van der Waals surface area contributed by atoms with Crippen LogP contribution in [-0.2, 0) is 11.3 Å². The number of carbonyl (C=O) groups excluding carboxylic acids is 1. The molecule has 3 rings (SSSR count). The van der Waals surface area contributed by atoms with Gasteiger partial charge < -0.3 is 20.9 Å². The van der Waals surface area contributed by atoms with Gasteiger partial charge in [0.15, 0.2) is 0 Å². The number of carbonyl (C=O) groups is 1. The molecule has 0 saturated carbocycles. The maximum absolute atomic E-state index is 12.8. The second-order valence-corrected chi connectivity index (χ2v) is 7.05. The van der Waals surface area contributed by atoms with Gasteiger partial charge in [0.05, 0.1) is 10.7 Å². The Morgan fingerprint density at radius 3 is 2.85 bits per heavy atom. The Hall–Kier alpha value is -2.40. The van der Waals surface area contributed by atoms with Crippen LogP contribution < -0.4 is 11.5 Å². The van der Waals surface area contributed by atoms with Crippen molar-refractivity contribution in [3.8, 4) is 0 Å². The molecule has 6 heteroatoms. The third-order valence-corrected chi connectivity index (χ3v) is 5.11. The summed E-state index contributed by atoms with van der Waals surface area (Å²) in [6.45, 7) is 4.45. The molecular weight excluding hydrogens is 348 g/mol. The first-order valence-corrected chi connectivity index (χ1v) is 9.35. The van der Waals surface area contributed by atoms with Gasteiger partial charge in [-0.05, 0) is 43.4 Å². The number of fused-ring (bicyclic) bond motifs is 1. The van der Waals surface area contributed by atoms with Crippen molar-refractivity contribution < 1.29 is 4.79 Å². The van der Waals surface area contributed by atoms with Crippen molar-refractivity contribution >= 4 is 28.4 Å². The molecule has 1 amide bonds. The number of aryl methyl sites for hydroxylation is 1. The van der Waals surface area contributed by atoms with Gasteiger partial charge in [0.2, 0.25) is 0 Å². The number of nitrogens with two attached hydrogens (primary N) is 2. The fraction of sp³-hybridized carbons (Fsp3) is 0.350. The van der Waals surface area contributed by atoms with Crippen molar-refractivity contribution in [1.82, 2.24) is 9.47 Å². The third-order valence-electron chi connectivity index (χ3n) is 5.01. The van der Waals surface area contributed by atoms with E-state index in [4.69, 9.17) is 23.1 Å². The summed E-state index contributed by atoms with van der Waals surface area (Å²) in [5.74, 6) is 0.177. The average Bonchev–Trinajstić information content (AvgIpc) is 3.04. The summed E-state index contributed by atoms with van der Waals surface area (Å²) in [6.07, 6.45) is 4.70. The van der Waals surface area contributed by atoms with Gasteiger partial charge in [0.1, 0.15) is 0 Å². The number of nitrogens with zero attached hydrogens (tertiary/aromatic N) is 2. The van der Waals surface area contributed by atoms with Crippen LogP contribution in [0, 0.1) is 0 Å². The maximum atomic E-state index is 12.8. The summed E-state index contributed by atoms with van der Waals surface area (Å²) in [5.41, 5.74) is 14.0. The summed E-state index contributed by atoms with van der Waals surface area (Å²) >= 11 is 5.71. The molecule has 1 aliphatic rings. The minimum absolute atomic E-state index is 0.0507. The van der Waals surface area contributed by atoms with E-state index in [0.29, 0.717) is 18.0 Å². The van der Waals surface area contributed by atoms with Crippen LogP contribution in [0.4, 0.5) is 0 Å². The molecule has 1 fully saturated rings. The molecule has 2 heterocycles. The maximum Gasteiger partial charge on any atom is 0.255 e. The van der Waals surface area contributed by atoms with E-state index in [1.165, 1.54) is 28.9 Å². The molecule has 2 aromatic rings. The number of benzene rings is 1. The van der Waals surface area contributed by atoms with Gasteiger partial charge in [-0.3, -0.25) is 4.79 Å². The number of halogens is 1. The number of likely N-dealkylation sites (tertiary alicyclic amines) is 1. The largest absolute Gasteiger partial charge is 0.404 e. The van der Waals surface area contributed by atoms with Crippen molar-refractivity contribution in [2.75, 3.05) is 13.1 Å². The van der Waals surface area contributed by atoms with E-state index in [-0.39, 0.29) is 11.1 Å². The van der Waals surface area contributed by atoms with Gasteiger partial charge >= 0.3 is 0 Å². The molecular formula is C20H25ClN4O. The number of amides is 1. The Labute approximate surface area is 158 Å². The molecule has 0 spiro atoms. The van der Waals surface area contributed by atoms with Crippen LogP contribution in [0.3, 0.4) is 0 Å². The molecule has 1 aromatic carbocycles. The molecule has 26 heavy (non-hydrogen) atoms. The highest BCUT2D eigenvalue weighted by Crippen LogP contribution is 2.32. The van der Waals surface area contributed by atoms with Crippen molar-refractivity contribution in [3.63, 3.8) is 0 Å². The van der Waals surface area contributed by atoms with Gasteiger partial charge in [-0.25, -0.2) is 0 Å². The van der Waals surface area contributed by atoms with Crippen LogP contribution >= 0.6 is 11.6 Å². The third kappa shape index (κ3) is 3.58. The van der Waals surface area contributed by atoms with Crippen molar-refractivity contribution in [2.24, 2.45) is 11.5 Å². The summed E-state index contributed by atoms with van der Waals surface area (Å²) in [6, 6.07) is 10.7. The molecule has 5 nitrogen and oxygen atoms in total. The molecule has 1 atom stereocenters. The minimum atomic E-state index is -0.125. The van der Waals surface area contributed by atoms with E-state index >= 15 is 0 Å². The summed E-state index contributed by atoms with van der Waals surface area (Å²) in [4.78, 5) is 14.6. The number of aromatic nitrogens is 1. The lowest BCUT2D eigenvalue weighted by molar-refractivity contribution is -0.128. The SMILES string of the molecule is CCn1c(C2CCCN(C(=O)C(/C=C(\N)Cl)=C/N)C2)cc2ccccc21. The molecule has 4 N–H and O–H groups in total. The highest BCUT2D eigenvalue weighted by atomic mass is 35.5. The van der Waals surface area contributed by atoms with Crippen LogP contribution in [0.5, 0.6) is 0 Å². The van der Waals surface area contributed by atoms with E-state index in [1.54, 1.807) is 0 Å². The Morgan fingerprint density at radius 1 is 1.38 bits per heavy atom. The van der Waals surface area contributed by atoms with Crippen LogP contribution in [-0.4, -0.2) is 28.5 Å². The van der Waals surface area contributed by atoms with Crippen molar-refractivity contribution in [1.29, 1.82) is 0 Å². The van der Waals surface area contributed by atoms with Crippen molar-refractivity contribution in [2.45, 2.75) is 32.2 Å². The number of para-hydroxylation sites is 1.